The molecular formula is C94H107Cl2N5O25. The van der Waals surface area contributed by atoms with E-state index in [0.717, 1.165) is 81.8 Å². The predicted octanol–water partition coefficient (Wildman–Crippen LogP) is 1.75. The van der Waals surface area contributed by atoms with E-state index in [1.807, 2.05) is 30.3 Å². The Balaban J connectivity index is 0.0000000958. The molecule has 32 heteroatoms. The van der Waals surface area contributed by atoms with Crippen LogP contribution in [0.4, 0.5) is 0 Å². The van der Waals surface area contributed by atoms with Crippen LogP contribution in [0.2, 0.25) is 0 Å². The molecule has 10 heterocycles. The summed E-state index contributed by atoms with van der Waals surface area (Å²) in [5.41, 5.74) is -3.45. The molecule has 16 N–H and O–H groups in total. The van der Waals surface area contributed by atoms with Gasteiger partial charge in [-0.3, -0.25) is 43.6 Å². The van der Waals surface area contributed by atoms with E-state index in [-0.39, 0.29) is 145 Å². The van der Waals surface area contributed by atoms with E-state index in [2.05, 4.69) is 38.1 Å². The summed E-state index contributed by atoms with van der Waals surface area (Å²) in [6.45, 7) is 14.2. The first-order valence-corrected chi connectivity index (χ1v) is 44.5. The number of halogens is 2. The summed E-state index contributed by atoms with van der Waals surface area (Å²) in [5.74, 6) is 1.94. The predicted molar refractivity (Wildman–Crippen MR) is 449 cm³/mol. The quantitative estimate of drug-likeness (QED) is 0.0984. The number of aliphatic hydroxyl groups excluding tert-OH is 5. The molecule has 0 radical (unpaired) electrons. The number of nitrogens with one attached hydrogen (secondary N) is 1. The molecule has 0 amide bonds. The van der Waals surface area contributed by atoms with Crippen molar-refractivity contribution in [3.8, 4) is 57.5 Å². The highest BCUT2D eigenvalue weighted by molar-refractivity contribution is 5.95. The number of phenolic OH excluding ortho intramolecular Hbond substituents is 5. The molecule has 7 saturated carbocycles. The number of piperidine rings is 5. The highest BCUT2D eigenvalue weighted by atomic mass is 35.5. The summed E-state index contributed by atoms with van der Waals surface area (Å²) in [7, 11) is 0. The fourth-order valence-electron chi connectivity index (χ4n) is 29.6. The maximum absolute atomic E-state index is 12.8. The van der Waals surface area contributed by atoms with E-state index in [1.165, 1.54) is 25.7 Å². The standard InChI is InChI=1S/2C20H23NO5.2C19H21NO5.C16H17NO5.2ClH/c2*22-12-4-3-11-7-14-20(25)15(24)8-13(23)18-19(20,16(11)17(12)26-18)5-6-21(14)9-10-1-2-10;2*1-2-6-20-7-5-18-15-10-3-4-11(21)16(15)25-17(18)12(22)9-14(23)19(18,24)13(20)8-10;18-8-2-1-7-5-10-16(21)11(20)6-9(19)14-15(16,3-4-17-10)12(7)13(8)22-14;;/h2*3-4,10,14-15,18,22,24-25H,1-2,5-9H2;2*2-4,13-14,17,21,23-24H,1,5-9H2;1-2,10-11,14,17-18,20-21H,3-6H2;2*1H/t2*14-,15?,18+,19+,20+;2*13-,14?,17+,18+,19+;10-,11?,14+,15+,16+;;/m11111../s1. The summed E-state index contributed by atoms with van der Waals surface area (Å²) in [6, 6.07) is 15.9. The minimum absolute atomic E-state index is 0. The molecule has 30 nitrogen and oxygen atoms in total. The summed E-state index contributed by atoms with van der Waals surface area (Å²) < 4.78 is 29.6. The number of likely N-dealkylation sites (tertiary alicyclic amines) is 4. The first-order chi connectivity index (χ1) is 59.3. The summed E-state index contributed by atoms with van der Waals surface area (Å²) in [5, 5.41) is 168. The van der Waals surface area contributed by atoms with E-state index in [4.69, 9.17) is 23.7 Å². The minimum Gasteiger partial charge on any atom is -0.504 e. The molecule has 126 heavy (non-hydrogen) atoms. The Morgan fingerprint density at radius 1 is 0.341 bits per heavy atom. The molecule has 10 bridgehead atoms. The van der Waals surface area contributed by atoms with Gasteiger partial charge >= 0.3 is 0 Å². The largest absolute Gasteiger partial charge is 0.504 e. The van der Waals surface area contributed by atoms with Crippen LogP contribution in [0.25, 0.3) is 0 Å². The molecule has 22 aliphatic rings. The first-order valence-electron chi connectivity index (χ1n) is 44.5. The van der Waals surface area contributed by atoms with Crippen molar-refractivity contribution in [2.75, 3.05) is 58.9 Å². The van der Waals surface area contributed by atoms with Gasteiger partial charge in [0.15, 0.2) is 117 Å². The maximum atomic E-state index is 12.8. The Bertz CT molecular complexity index is 5290. The molecule has 27 rings (SSSR count). The van der Waals surface area contributed by atoms with E-state index in [0.29, 0.717) is 138 Å². The molecule has 25 atom stereocenters. The lowest BCUT2D eigenvalue weighted by molar-refractivity contribution is -0.229. The Hall–Kier alpha value is -8.09. The van der Waals surface area contributed by atoms with E-state index >= 15 is 0 Å². The van der Waals surface area contributed by atoms with Crippen molar-refractivity contribution >= 4 is 53.7 Å². The maximum Gasteiger partial charge on any atom is 0.177 e. The van der Waals surface area contributed by atoms with Gasteiger partial charge in [0.25, 0.3) is 0 Å². The van der Waals surface area contributed by atoms with Crippen molar-refractivity contribution in [3.05, 3.63) is 142 Å². The van der Waals surface area contributed by atoms with Gasteiger partial charge in [0, 0.05) is 129 Å². The number of rotatable bonds is 8. The number of carbonyl (C=O) groups is 5. The molecule has 5 unspecified atom stereocenters. The third-order valence-electron chi connectivity index (χ3n) is 34.9. The number of hydrogen-bond donors (Lipinski definition) is 16. The van der Waals surface area contributed by atoms with Crippen molar-refractivity contribution in [2.24, 2.45) is 11.8 Å². The zero-order chi connectivity index (χ0) is 86.1. The third kappa shape index (κ3) is 10.1. The van der Waals surface area contributed by atoms with Gasteiger partial charge in [0.1, 0.15) is 28.0 Å². The fraction of sp³-hybridized carbons (Fsp3) is 0.585. The van der Waals surface area contributed by atoms with Crippen LogP contribution in [0.3, 0.4) is 0 Å². The van der Waals surface area contributed by atoms with Crippen LogP contribution >= 0.6 is 24.8 Å². The van der Waals surface area contributed by atoms with Crippen LogP contribution in [-0.4, -0.2) is 303 Å². The number of aliphatic hydroxyl groups is 10. The molecule has 5 aromatic rings. The zero-order valence-corrected chi connectivity index (χ0v) is 71.0. The summed E-state index contributed by atoms with van der Waals surface area (Å²) >= 11 is 0. The molecule has 12 aliphatic carbocycles. The number of ketones is 5. The Morgan fingerprint density at radius 2 is 0.579 bits per heavy atom. The molecule has 5 saturated heterocycles. The van der Waals surface area contributed by atoms with Crippen molar-refractivity contribution in [1.29, 1.82) is 0 Å². The molecular weight excluding hydrogens is 1670 g/mol. The Labute approximate surface area is 737 Å². The third-order valence-corrected chi connectivity index (χ3v) is 34.9. The average Bonchev–Trinajstić information content (AvgIpc) is 1.45. The number of hydrogen-bond acceptors (Lipinski definition) is 30. The van der Waals surface area contributed by atoms with E-state index < -0.39 is 116 Å². The lowest BCUT2D eigenvalue weighted by Gasteiger charge is -2.63. The van der Waals surface area contributed by atoms with Crippen molar-refractivity contribution in [3.63, 3.8) is 0 Å². The Morgan fingerprint density at radius 3 is 0.841 bits per heavy atom. The second-order valence-corrected chi connectivity index (χ2v) is 39.9. The van der Waals surface area contributed by atoms with E-state index in [9.17, 15) is 101 Å². The van der Waals surface area contributed by atoms with Crippen LogP contribution in [-0.2, 0) is 83.2 Å². The van der Waals surface area contributed by atoms with Crippen molar-refractivity contribution in [2.45, 2.75) is 268 Å². The smallest absolute Gasteiger partial charge is 0.177 e. The van der Waals surface area contributed by atoms with Gasteiger partial charge < -0.3 is 106 Å². The van der Waals surface area contributed by atoms with Crippen LogP contribution in [0, 0.1) is 11.8 Å². The molecule has 5 aromatic carbocycles. The molecule has 5 spiro atoms. The number of phenols is 5. The van der Waals surface area contributed by atoms with Crippen molar-refractivity contribution < 1.29 is 124 Å². The lowest BCUT2D eigenvalue weighted by Crippen LogP contribution is -2.81. The van der Waals surface area contributed by atoms with Crippen LogP contribution < -0.4 is 29.0 Å². The van der Waals surface area contributed by atoms with Crippen LogP contribution in [0.5, 0.6) is 57.5 Å². The van der Waals surface area contributed by atoms with Gasteiger partial charge in [-0.05, 0) is 180 Å². The summed E-state index contributed by atoms with van der Waals surface area (Å²) in [6.07, 6.45) is 3.55. The number of nitrogens with zero attached hydrogens (tertiary/aromatic N) is 4. The number of aromatic hydroxyl groups is 5. The highest BCUT2D eigenvalue weighted by Gasteiger charge is 2.82. The van der Waals surface area contributed by atoms with Gasteiger partial charge in [0.05, 0.1) is 57.6 Å². The normalized spacial score (nSPS) is 41.9. The number of ether oxygens (including phenoxy) is 5. The average molecular weight is 1780 g/mol. The Kier molecular flexibility index (Phi) is 19.0. The molecule has 10 aliphatic heterocycles. The SMILES string of the molecule is C=CCN1CC[C@]23c4c5ccc(O)c4O[C@H]2C(=O)CC(O)[C@@]3(O)[C@H]1C5.C=CCN1CC[C@]23c4c5ccc(O)c4O[C@H]2C(=O)CC(O)[C@@]3(O)[C@H]1C5.Cl.Cl.O=C1CC(O)[C@@]2(O)[C@H]3Cc4ccc(O)c5c4[C@@]2(CCN3)[C@H]1O5.O=C1CC(O)[C@@]2(O)[C@H]3Cc4ccc(O)c5c4[C@@]2(CCN3CC2CC2)[C@H]1O5.O=C1CC(O)[C@@]2(O)[C@H]3Cc4ccc(O)c5c4[C@@]2(CCN3CC2CC2)[C@H]1O5. The second kappa shape index (κ2) is 28.2. The van der Waals surface area contributed by atoms with Crippen molar-refractivity contribution in [1.82, 2.24) is 24.9 Å². The van der Waals surface area contributed by atoms with Gasteiger partial charge in [0.2, 0.25) is 0 Å². The molecule has 12 fully saturated rings. The van der Waals surface area contributed by atoms with E-state index in [1.54, 1.807) is 42.5 Å². The van der Waals surface area contributed by atoms with Crippen LogP contribution in [0.1, 0.15) is 146 Å². The van der Waals surface area contributed by atoms with Gasteiger partial charge in [-0.25, -0.2) is 0 Å². The monoisotopic (exact) mass is 1780 g/mol. The summed E-state index contributed by atoms with van der Waals surface area (Å²) in [4.78, 5) is 72.3. The number of Topliss-reactive ketones (excluding diaryl/α,β-unsaturated/α-hetero) is 5. The van der Waals surface area contributed by atoms with Gasteiger partial charge in [-0.15, -0.1) is 38.0 Å². The fourth-order valence-corrected chi connectivity index (χ4v) is 29.6. The van der Waals surface area contributed by atoms with Gasteiger partial charge in [-0.2, -0.15) is 0 Å². The lowest BCUT2D eigenvalue weighted by atomic mass is 9.48. The molecule has 672 valence electrons. The number of carbonyl (C=O) groups excluding carboxylic acids is 5. The number of benzene rings is 5. The topological polar surface area (TPSA) is 460 Å². The zero-order valence-electron chi connectivity index (χ0n) is 69.4. The minimum atomic E-state index is -1.49. The first kappa shape index (κ1) is 84.7. The van der Waals surface area contributed by atoms with Crippen LogP contribution in [0.15, 0.2) is 86.0 Å². The molecule has 0 aromatic heterocycles. The van der Waals surface area contributed by atoms with Gasteiger partial charge in [-0.1, -0.05) is 42.5 Å². The highest BCUT2D eigenvalue weighted by Crippen LogP contribution is 2.72. The second-order valence-electron chi connectivity index (χ2n) is 39.9.